The zero-order valence-corrected chi connectivity index (χ0v) is 13.0. The highest BCUT2D eigenvalue weighted by molar-refractivity contribution is 9.10. The van der Waals surface area contributed by atoms with Crippen LogP contribution < -0.4 is 0 Å². The predicted octanol–water partition coefficient (Wildman–Crippen LogP) is 2.82. The summed E-state index contributed by atoms with van der Waals surface area (Å²) in [6.45, 7) is -0.285. The molecule has 1 atom stereocenters. The van der Waals surface area contributed by atoms with E-state index in [4.69, 9.17) is 0 Å². The van der Waals surface area contributed by atoms with Gasteiger partial charge in [-0.05, 0) is 17.7 Å². The molecule has 0 fully saturated rings. The van der Waals surface area contributed by atoms with Gasteiger partial charge in [0, 0.05) is 35.3 Å². The van der Waals surface area contributed by atoms with Crippen LogP contribution in [0, 0.1) is 10.1 Å². The van der Waals surface area contributed by atoms with Crippen LogP contribution in [-0.2, 0) is 7.05 Å². The van der Waals surface area contributed by atoms with Crippen molar-refractivity contribution in [3.8, 4) is 0 Å². The van der Waals surface area contributed by atoms with Crippen LogP contribution in [0.1, 0.15) is 28.5 Å². The van der Waals surface area contributed by atoms with Gasteiger partial charge in [0.1, 0.15) is 0 Å². The van der Waals surface area contributed by atoms with Gasteiger partial charge in [0.15, 0.2) is 11.6 Å². The fraction of sp³-hybridized carbons (Fsp3) is 0.286. The zero-order valence-electron chi connectivity index (χ0n) is 11.4. The maximum atomic E-state index is 12.3. The molecule has 0 amide bonds. The van der Waals surface area contributed by atoms with Gasteiger partial charge >= 0.3 is 0 Å². The molecule has 2 rings (SSSR count). The Hall–Kier alpha value is -2.02. The summed E-state index contributed by atoms with van der Waals surface area (Å²) in [6.07, 6.45) is 3.27. The molecule has 0 saturated carbocycles. The number of halogens is 1. The number of hydrogen-bond acceptors (Lipinski definition) is 4. The number of hydrogen-bond donors (Lipinski definition) is 0. The Bertz CT molecular complexity index is 669. The van der Waals surface area contributed by atoms with E-state index in [2.05, 4.69) is 20.9 Å². The number of aromatic nitrogens is 2. The second-order valence-corrected chi connectivity index (χ2v) is 5.67. The van der Waals surface area contributed by atoms with Crippen LogP contribution in [0.4, 0.5) is 0 Å². The largest absolute Gasteiger partial charge is 0.332 e. The van der Waals surface area contributed by atoms with Gasteiger partial charge in [0.05, 0.1) is 5.92 Å². The van der Waals surface area contributed by atoms with Gasteiger partial charge in [0.25, 0.3) is 0 Å². The first kappa shape index (κ1) is 15.4. The van der Waals surface area contributed by atoms with E-state index < -0.39 is 10.8 Å². The standard InChI is InChI=1S/C14H14BrN3O3/c1-17-6-5-16-14(17)13(19)8-11(9-18(20)21)10-3-2-4-12(15)7-10/h2-7,11H,8-9H2,1H3/t11-/m0/s1. The van der Waals surface area contributed by atoms with Gasteiger partial charge in [-0.2, -0.15) is 0 Å². The van der Waals surface area contributed by atoms with Crippen LogP contribution in [0.3, 0.4) is 0 Å². The van der Waals surface area contributed by atoms with Crippen LogP contribution in [-0.4, -0.2) is 26.8 Å². The monoisotopic (exact) mass is 351 g/mol. The van der Waals surface area contributed by atoms with Crippen molar-refractivity contribution in [1.29, 1.82) is 0 Å². The van der Waals surface area contributed by atoms with Crippen molar-refractivity contribution in [3.63, 3.8) is 0 Å². The Kier molecular flexibility index (Phi) is 4.85. The van der Waals surface area contributed by atoms with E-state index in [1.54, 1.807) is 36.0 Å². The van der Waals surface area contributed by atoms with E-state index in [0.29, 0.717) is 5.82 Å². The summed E-state index contributed by atoms with van der Waals surface area (Å²) in [6, 6.07) is 7.25. The van der Waals surface area contributed by atoms with E-state index in [1.807, 2.05) is 6.07 Å². The van der Waals surface area contributed by atoms with Gasteiger partial charge in [-0.25, -0.2) is 4.98 Å². The molecule has 0 bridgehead atoms. The van der Waals surface area contributed by atoms with Crippen LogP contribution in [0.25, 0.3) is 0 Å². The average Bonchev–Trinajstić information content (AvgIpc) is 2.83. The Morgan fingerprint density at radius 1 is 1.52 bits per heavy atom. The smallest absolute Gasteiger partial charge is 0.211 e. The lowest BCUT2D eigenvalue weighted by Gasteiger charge is -2.13. The summed E-state index contributed by atoms with van der Waals surface area (Å²) < 4.78 is 2.45. The molecule has 1 heterocycles. The number of benzene rings is 1. The molecule has 0 spiro atoms. The van der Waals surface area contributed by atoms with Gasteiger partial charge in [-0.15, -0.1) is 0 Å². The molecule has 0 unspecified atom stereocenters. The molecule has 0 radical (unpaired) electrons. The molecule has 7 heteroatoms. The number of carbonyl (C=O) groups is 1. The molecule has 0 aliphatic rings. The maximum absolute atomic E-state index is 12.3. The van der Waals surface area contributed by atoms with Crippen molar-refractivity contribution in [2.24, 2.45) is 7.05 Å². The van der Waals surface area contributed by atoms with Crippen LogP contribution in [0.15, 0.2) is 41.1 Å². The number of aryl methyl sites for hydroxylation is 1. The van der Waals surface area contributed by atoms with Gasteiger partial charge < -0.3 is 4.57 Å². The third-order valence-electron chi connectivity index (χ3n) is 3.19. The number of carbonyl (C=O) groups excluding carboxylic acids is 1. The van der Waals surface area contributed by atoms with Gasteiger partial charge in [0.2, 0.25) is 6.54 Å². The fourth-order valence-electron chi connectivity index (χ4n) is 2.18. The minimum Gasteiger partial charge on any atom is -0.332 e. The Morgan fingerprint density at radius 2 is 2.29 bits per heavy atom. The molecular formula is C14H14BrN3O3. The van der Waals surface area contributed by atoms with E-state index in [1.165, 1.54) is 6.20 Å². The molecule has 21 heavy (non-hydrogen) atoms. The molecule has 0 aliphatic carbocycles. The topological polar surface area (TPSA) is 78.0 Å². The average molecular weight is 352 g/mol. The van der Waals surface area contributed by atoms with E-state index in [0.717, 1.165) is 10.0 Å². The molecule has 1 aromatic carbocycles. The highest BCUT2D eigenvalue weighted by atomic mass is 79.9. The van der Waals surface area contributed by atoms with Gasteiger partial charge in [-0.1, -0.05) is 28.1 Å². The minimum atomic E-state index is -0.471. The Balaban J connectivity index is 2.23. The van der Waals surface area contributed by atoms with Crippen molar-refractivity contribution >= 4 is 21.7 Å². The predicted molar refractivity (Wildman–Crippen MR) is 80.9 cm³/mol. The summed E-state index contributed by atoms with van der Waals surface area (Å²) in [4.78, 5) is 26.7. The van der Waals surface area contributed by atoms with Gasteiger partial charge in [-0.3, -0.25) is 14.9 Å². The van der Waals surface area contributed by atoms with E-state index in [-0.39, 0.29) is 18.7 Å². The fourth-order valence-corrected chi connectivity index (χ4v) is 2.59. The van der Waals surface area contributed by atoms with Crippen LogP contribution in [0.5, 0.6) is 0 Å². The maximum Gasteiger partial charge on any atom is 0.211 e. The summed E-state index contributed by atoms with van der Waals surface area (Å²) in [5.74, 6) is -0.352. The summed E-state index contributed by atoms with van der Waals surface area (Å²) in [7, 11) is 1.72. The molecule has 6 nitrogen and oxygen atoms in total. The molecule has 0 N–H and O–H groups in total. The lowest BCUT2D eigenvalue weighted by Crippen LogP contribution is -2.18. The van der Waals surface area contributed by atoms with Crippen molar-refractivity contribution in [2.75, 3.05) is 6.54 Å². The minimum absolute atomic E-state index is 0.0578. The number of Topliss-reactive ketones (excluding diaryl/α,β-unsaturated/α-hetero) is 1. The SMILES string of the molecule is Cn1ccnc1C(=O)C[C@@H](C[N+](=O)[O-])c1cccc(Br)c1. The third-order valence-corrected chi connectivity index (χ3v) is 3.69. The molecule has 0 aliphatic heterocycles. The van der Waals surface area contributed by atoms with Crippen molar-refractivity contribution in [1.82, 2.24) is 9.55 Å². The normalized spacial score (nSPS) is 12.1. The number of nitrogens with zero attached hydrogens (tertiary/aromatic N) is 3. The second-order valence-electron chi connectivity index (χ2n) is 4.76. The first-order valence-corrected chi connectivity index (χ1v) is 7.14. The second kappa shape index (κ2) is 6.62. The summed E-state index contributed by atoms with van der Waals surface area (Å²) >= 11 is 3.34. The van der Waals surface area contributed by atoms with Crippen molar-refractivity contribution < 1.29 is 9.72 Å². The van der Waals surface area contributed by atoms with Crippen LogP contribution in [0.2, 0.25) is 0 Å². The Morgan fingerprint density at radius 3 is 2.86 bits per heavy atom. The highest BCUT2D eigenvalue weighted by Gasteiger charge is 2.24. The zero-order chi connectivity index (χ0) is 15.4. The quantitative estimate of drug-likeness (QED) is 0.455. The first-order valence-electron chi connectivity index (χ1n) is 6.35. The molecule has 110 valence electrons. The number of rotatable bonds is 6. The van der Waals surface area contributed by atoms with Crippen molar-refractivity contribution in [3.05, 3.63) is 62.6 Å². The lowest BCUT2D eigenvalue weighted by molar-refractivity contribution is -0.483. The third kappa shape index (κ3) is 3.98. The molecule has 0 saturated heterocycles. The number of nitro groups is 1. The highest BCUT2D eigenvalue weighted by Crippen LogP contribution is 2.24. The van der Waals surface area contributed by atoms with Crippen molar-refractivity contribution in [2.45, 2.75) is 12.3 Å². The summed E-state index contributed by atoms with van der Waals surface area (Å²) in [5.41, 5.74) is 0.767. The first-order chi connectivity index (χ1) is 9.97. The Labute approximate surface area is 130 Å². The van der Waals surface area contributed by atoms with E-state index in [9.17, 15) is 14.9 Å². The lowest BCUT2D eigenvalue weighted by atomic mass is 9.93. The molecular weight excluding hydrogens is 338 g/mol. The number of imidazole rings is 1. The number of ketones is 1. The van der Waals surface area contributed by atoms with Crippen LogP contribution >= 0.6 is 15.9 Å². The molecule has 2 aromatic rings. The summed E-state index contributed by atoms with van der Waals surface area (Å²) in [5, 5.41) is 10.9. The molecule has 1 aromatic heterocycles. The van der Waals surface area contributed by atoms with E-state index >= 15 is 0 Å².